The molecule has 0 heterocycles. The highest BCUT2D eigenvalue weighted by atomic mass is 16.5. The van der Waals surface area contributed by atoms with E-state index in [0.29, 0.717) is 19.6 Å². The van der Waals surface area contributed by atoms with Gasteiger partial charge in [0.15, 0.2) is 0 Å². The van der Waals surface area contributed by atoms with Crippen molar-refractivity contribution < 1.29 is 14.3 Å². The number of ether oxygens (including phenoxy) is 2. The largest absolute Gasteiger partial charge is 0.464 e. The van der Waals surface area contributed by atoms with Crippen molar-refractivity contribution >= 4 is 5.97 Å². The van der Waals surface area contributed by atoms with Crippen molar-refractivity contribution in [3.05, 3.63) is 0 Å². The number of hydrogen-bond donors (Lipinski definition) is 1. The number of nitrogens with two attached hydrogens (primary N) is 1. The van der Waals surface area contributed by atoms with Gasteiger partial charge in [-0.15, -0.1) is 12.3 Å². The molecule has 0 saturated heterocycles. The molecule has 0 aromatic heterocycles. The van der Waals surface area contributed by atoms with Gasteiger partial charge in [-0.2, -0.15) is 0 Å². The van der Waals surface area contributed by atoms with Crippen LogP contribution in [0.15, 0.2) is 0 Å². The van der Waals surface area contributed by atoms with Gasteiger partial charge in [0.1, 0.15) is 6.04 Å². The Balaban J connectivity index is 3.45. The maximum Gasteiger partial charge on any atom is 0.323 e. The molecule has 0 amide bonds. The number of rotatable bonds is 6. The molecule has 0 bridgehead atoms. The molecule has 4 heteroatoms. The Hall–Kier alpha value is -1.05. The van der Waals surface area contributed by atoms with E-state index in [1.807, 2.05) is 0 Å². The molecule has 13 heavy (non-hydrogen) atoms. The predicted octanol–water partition coefficient (Wildman–Crippen LogP) is -0.0833. The normalized spacial score (nSPS) is 11.8. The van der Waals surface area contributed by atoms with Gasteiger partial charge in [0.25, 0.3) is 0 Å². The van der Waals surface area contributed by atoms with Crippen LogP contribution in [0.2, 0.25) is 0 Å². The van der Waals surface area contributed by atoms with Crippen LogP contribution in [-0.2, 0) is 14.3 Å². The zero-order chi connectivity index (χ0) is 10.1. The van der Waals surface area contributed by atoms with Crippen molar-refractivity contribution in [2.24, 2.45) is 5.73 Å². The van der Waals surface area contributed by atoms with E-state index in [1.54, 1.807) is 7.11 Å². The van der Waals surface area contributed by atoms with Crippen LogP contribution in [0.25, 0.3) is 0 Å². The molecule has 0 aliphatic heterocycles. The van der Waals surface area contributed by atoms with Crippen LogP contribution in [-0.4, -0.2) is 32.3 Å². The van der Waals surface area contributed by atoms with E-state index in [4.69, 9.17) is 21.6 Å². The lowest BCUT2D eigenvalue weighted by Gasteiger charge is -2.08. The number of terminal acetylenes is 1. The second-order valence-electron chi connectivity index (χ2n) is 2.53. The summed E-state index contributed by atoms with van der Waals surface area (Å²) in [5, 5.41) is 0. The highest BCUT2D eigenvalue weighted by Gasteiger charge is 2.12. The van der Waals surface area contributed by atoms with E-state index in [0.717, 1.165) is 0 Å². The fraction of sp³-hybridized carbons (Fsp3) is 0.667. The summed E-state index contributed by atoms with van der Waals surface area (Å²) < 4.78 is 9.60. The lowest BCUT2D eigenvalue weighted by molar-refractivity contribution is -0.145. The molecule has 0 aliphatic carbocycles. The summed E-state index contributed by atoms with van der Waals surface area (Å²) in [5.74, 6) is 1.85. The number of hydrogen-bond acceptors (Lipinski definition) is 4. The zero-order valence-corrected chi connectivity index (χ0v) is 7.79. The molecule has 0 rings (SSSR count). The molecule has 1 atom stereocenters. The van der Waals surface area contributed by atoms with E-state index in [9.17, 15) is 4.79 Å². The Labute approximate surface area is 78.4 Å². The first-order valence-corrected chi connectivity index (χ1v) is 4.07. The first-order valence-electron chi connectivity index (χ1n) is 4.07. The number of carbonyl (C=O) groups is 1. The fourth-order valence-electron chi connectivity index (χ4n) is 0.693. The maximum absolute atomic E-state index is 11.0. The van der Waals surface area contributed by atoms with Crippen molar-refractivity contribution in [3.63, 3.8) is 0 Å². The molecule has 2 N–H and O–H groups in total. The van der Waals surface area contributed by atoms with E-state index in [-0.39, 0.29) is 6.42 Å². The second-order valence-corrected chi connectivity index (χ2v) is 2.53. The van der Waals surface area contributed by atoms with Crippen molar-refractivity contribution in [3.8, 4) is 12.3 Å². The summed E-state index contributed by atoms with van der Waals surface area (Å²) in [5.41, 5.74) is 5.39. The summed E-state index contributed by atoms with van der Waals surface area (Å²) >= 11 is 0. The molecule has 74 valence electrons. The summed E-state index contributed by atoms with van der Waals surface area (Å²) in [6, 6.07) is -0.701. The van der Waals surface area contributed by atoms with Gasteiger partial charge in [-0.1, -0.05) is 0 Å². The molecule has 0 spiro atoms. The van der Waals surface area contributed by atoms with Crippen LogP contribution in [0.4, 0.5) is 0 Å². The maximum atomic E-state index is 11.0. The molecule has 0 aromatic rings. The Bertz CT molecular complexity index is 186. The Kier molecular flexibility index (Phi) is 6.98. The van der Waals surface area contributed by atoms with Gasteiger partial charge < -0.3 is 15.2 Å². The minimum atomic E-state index is -0.701. The van der Waals surface area contributed by atoms with Gasteiger partial charge in [-0.05, 0) is 0 Å². The summed E-state index contributed by atoms with van der Waals surface area (Å²) in [4.78, 5) is 11.0. The monoisotopic (exact) mass is 185 g/mol. The topological polar surface area (TPSA) is 61.6 Å². The third kappa shape index (κ3) is 6.14. The average molecular weight is 185 g/mol. The molecule has 0 fully saturated rings. The van der Waals surface area contributed by atoms with Crippen LogP contribution < -0.4 is 5.73 Å². The standard InChI is InChI=1S/C9H15NO3/c1-3-5-8(10)9(11)13-7-4-6-12-2/h1,8H,4-7,10H2,2H3. The van der Waals surface area contributed by atoms with E-state index in [2.05, 4.69) is 5.92 Å². The molecule has 0 aliphatic rings. The van der Waals surface area contributed by atoms with Crippen LogP contribution in [0.1, 0.15) is 12.8 Å². The highest BCUT2D eigenvalue weighted by molar-refractivity contribution is 5.75. The van der Waals surface area contributed by atoms with E-state index < -0.39 is 12.0 Å². The quantitative estimate of drug-likeness (QED) is 0.357. The number of esters is 1. The lowest BCUT2D eigenvalue weighted by atomic mass is 10.2. The minimum Gasteiger partial charge on any atom is -0.464 e. The van der Waals surface area contributed by atoms with Gasteiger partial charge in [0.05, 0.1) is 6.61 Å². The fourth-order valence-corrected chi connectivity index (χ4v) is 0.693. The molecule has 1 unspecified atom stereocenters. The number of carbonyl (C=O) groups excluding carboxylic acids is 1. The van der Waals surface area contributed by atoms with Gasteiger partial charge in [0.2, 0.25) is 0 Å². The second kappa shape index (κ2) is 7.59. The first-order chi connectivity index (χ1) is 6.22. The highest BCUT2D eigenvalue weighted by Crippen LogP contribution is 1.92. The first kappa shape index (κ1) is 11.9. The predicted molar refractivity (Wildman–Crippen MR) is 48.9 cm³/mol. The smallest absolute Gasteiger partial charge is 0.323 e. The molecular formula is C9H15NO3. The molecular weight excluding hydrogens is 170 g/mol. The molecule has 0 saturated carbocycles. The van der Waals surface area contributed by atoms with Crippen LogP contribution in [0.5, 0.6) is 0 Å². The van der Waals surface area contributed by atoms with Gasteiger partial charge in [0, 0.05) is 26.6 Å². The van der Waals surface area contributed by atoms with Crippen molar-refractivity contribution in [1.29, 1.82) is 0 Å². The van der Waals surface area contributed by atoms with Crippen molar-refractivity contribution in [2.45, 2.75) is 18.9 Å². The van der Waals surface area contributed by atoms with Crippen molar-refractivity contribution in [1.82, 2.24) is 0 Å². The minimum absolute atomic E-state index is 0.211. The Morgan fingerprint density at radius 1 is 1.62 bits per heavy atom. The third-order valence-electron chi connectivity index (χ3n) is 1.38. The third-order valence-corrected chi connectivity index (χ3v) is 1.38. The molecule has 4 nitrogen and oxygen atoms in total. The average Bonchev–Trinajstić information content (AvgIpc) is 2.12. The summed E-state index contributed by atoms with van der Waals surface area (Å²) in [6.45, 7) is 0.891. The zero-order valence-electron chi connectivity index (χ0n) is 7.79. The molecule has 0 aromatic carbocycles. The SMILES string of the molecule is C#CCC(N)C(=O)OCCCOC. The number of methoxy groups -OCH3 is 1. The van der Waals surface area contributed by atoms with Gasteiger partial charge in [-0.3, -0.25) is 4.79 Å². The Morgan fingerprint density at radius 3 is 2.85 bits per heavy atom. The van der Waals surface area contributed by atoms with Crippen LogP contribution >= 0.6 is 0 Å². The summed E-state index contributed by atoms with van der Waals surface area (Å²) in [7, 11) is 1.59. The van der Waals surface area contributed by atoms with Gasteiger partial charge in [-0.25, -0.2) is 0 Å². The molecule has 0 radical (unpaired) electrons. The van der Waals surface area contributed by atoms with Crippen molar-refractivity contribution in [2.75, 3.05) is 20.3 Å². The van der Waals surface area contributed by atoms with E-state index >= 15 is 0 Å². The van der Waals surface area contributed by atoms with E-state index in [1.165, 1.54) is 0 Å². The summed E-state index contributed by atoms with van der Waals surface area (Å²) in [6.07, 6.45) is 5.87. The lowest BCUT2D eigenvalue weighted by Crippen LogP contribution is -2.32. The van der Waals surface area contributed by atoms with Crippen LogP contribution in [0, 0.1) is 12.3 Å². The Morgan fingerprint density at radius 2 is 2.31 bits per heavy atom. The van der Waals surface area contributed by atoms with Gasteiger partial charge >= 0.3 is 5.97 Å². The van der Waals surface area contributed by atoms with Crippen LogP contribution in [0.3, 0.4) is 0 Å².